The number of thiophene rings is 1. The van der Waals surface area contributed by atoms with Crippen LogP contribution < -0.4 is 5.32 Å². The second-order valence-electron chi connectivity index (χ2n) is 7.45. The molecule has 1 saturated carbocycles. The molecule has 3 atom stereocenters. The largest absolute Gasteiger partial charge is 0.352 e. The Morgan fingerprint density at radius 2 is 2.16 bits per heavy atom. The summed E-state index contributed by atoms with van der Waals surface area (Å²) < 4.78 is 0. The van der Waals surface area contributed by atoms with Gasteiger partial charge in [0.15, 0.2) is 0 Å². The van der Waals surface area contributed by atoms with Crippen LogP contribution in [0, 0.1) is 11.8 Å². The number of nitrogens with one attached hydrogen (secondary N) is 1. The molecule has 6 heteroatoms. The van der Waals surface area contributed by atoms with Crippen LogP contribution in [-0.2, 0) is 17.6 Å². The maximum absolute atomic E-state index is 12.5. The third kappa shape index (κ3) is 3.43. The van der Waals surface area contributed by atoms with Crippen LogP contribution in [-0.4, -0.2) is 27.7 Å². The van der Waals surface area contributed by atoms with E-state index in [0.717, 1.165) is 22.7 Å². The molecule has 2 aliphatic carbocycles. The average Bonchev–Trinajstić information content (AvgIpc) is 3.18. The van der Waals surface area contributed by atoms with Gasteiger partial charge in [-0.15, -0.1) is 11.3 Å². The van der Waals surface area contributed by atoms with E-state index in [9.17, 15) is 4.79 Å². The van der Waals surface area contributed by atoms with Crippen molar-refractivity contribution in [3.63, 3.8) is 0 Å². The number of amides is 1. The van der Waals surface area contributed by atoms with E-state index in [1.165, 1.54) is 41.5 Å². The molecular formula is C19H25N3OS2. The van der Waals surface area contributed by atoms with E-state index in [1.807, 2.05) is 0 Å². The monoisotopic (exact) mass is 375 g/mol. The lowest BCUT2D eigenvalue weighted by Gasteiger charge is -2.34. The van der Waals surface area contributed by atoms with Crippen LogP contribution in [0.15, 0.2) is 11.4 Å². The summed E-state index contributed by atoms with van der Waals surface area (Å²) in [5, 5.41) is 5.45. The zero-order chi connectivity index (χ0) is 17.4. The number of thioether (sulfide) groups is 1. The molecule has 2 aromatic heterocycles. The van der Waals surface area contributed by atoms with Crippen molar-refractivity contribution >= 4 is 39.2 Å². The molecule has 0 spiro atoms. The number of nitrogens with zero attached hydrogens (tertiary/aromatic N) is 2. The smallest absolute Gasteiger partial charge is 0.230 e. The number of aryl methyl sites for hydroxylation is 2. The zero-order valence-electron chi connectivity index (χ0n) is 14.9. The average molecular weight is 376 g/mol. The Morgan fingerprint density at radius 3 is 3.04 bits per heavy atom. The molecular weight excluding hydrogens is 350 g/mol. The molecule has 0 aliphatic heterocycles. The summed E-state index contributed by atoms with van der Waals surface area (Å²) in [4.78, 5) is 23.9. The summed E-state index contributed by atoms with van der Waals surface area (Å²) in [6.45, 7) is 4.57. The molecule has 1 amide bonds. The van der Waals surface area contributed by atoms with Crippen LogP contribution in [0.5, 0.6) is 0 Å². The minimum absolute atomic E-state index is 0.134. The SMILES string of the molecule is C[C@@H]1[C@H](C)CCC[C@@H]1NC(=O)CSc1ncnc2sc3c(c12)CCC3. The van der Waals surface area contributed by atoms with E-state index >= 15 is 0 Å². The minimum atomic E-state index is 0.134. The zero-order valence-corrected chi connectivity index (χ0v) is 16.5. The number of rotatable bonds is 4. The van der Waals surface area contributed by atoms with Crippen LogP contribution in [0.1, 0.15) is 50.0 Å². The predicted octanol–water partition coefficient (Wildman–Crippen LogP) is 4.21. The summed E-state index contributed by atoms with van der Waals surface area (Å²) in [6, 6.07) is 0.327. The van der Waals surface area contributed by atoms with Crippen molar-refractivity contribution < 1.29 is 4.79 Å². The normalized spacial score (nSPS) is 25.9. The summed E-state index contributed by atoms with van der Waals surface area (Å²) in [5.74, 6) is 1.83. The molecule has 0 aromatic carbocycles. The lowest BCUT2D eigenvalue weighted by Crippen LogP contribution is -2.44. The summed E-state index contributed by atoms with van der Waals surface area (Å²) in [7, 11) is 0. The van der Waals surface area contributed by atoms with Gasteiger partial charge in [-0.25, -0.2) is 9.97 Å². The van der Waals surface area contributed by atoms with Gasteiger partial charge in [0.05, 0.1) is 5.75 Å². The fourth-order valence-corrected chi connectivity index (χ4v) is 6.31. The van der Waals surface area contributed by atoms with Gasteiger partial charge < -0.3 is 5.32 Å². The number of aromatic nitrogens is 2. The van der Waals surface area contributed by atoms with E-state index in [1.54, 1.807) is 29.4 Å². The fraction of sp³-hybridized carbons (Fsp3) is 0.632. The van der Waals surface area contributed by atoms with Gasteiger partial charge in [-0.1, -0.05) is 38.5 Å². The Kier molecular flexibility index (Phi) is 5.00. The highest BCUT2D eigenvalue weighted by molar-refractivity contribution is 8.00. The number of carbonyl (C=O) groups is 1. The molecule has 134 valence electrons. The molecule has 0 radical (unpaired) electrons. The molecule has 4 nitrogen and oxygen atoms in total. The van der Waals surface area contributed by atoms with E-state index in [2.05, 4.69) is 29.1 Å². The highest BCUT2D eigenvalue weighted by Gasteiger charge is 2.28. The van der Waals surface area contributed by atoms with Gasteiger partial charge in [-0.2, -0.15) is 0 Å². The molecule has 25 heavy (non-hydrogen) atoms. The molecule has 1 N–H and O–H groups in total. The maximum Gasteiger partial charge on any atom is 0.230 e. The van der Waals surface area contributed by atoms with Crippen LogP contribution in [0.3, 0.4) is 0 Å². The van der Waals surface area contributed by atoms with Gasteiger partial charge in [-0.3, -0.25) is 4.79 Å². The van der Waals surface area contributed by atoms with E-state index < -0.39 is 0 Å². The highest BCUT2D eigenvalue weighted by Crippen LogP contribution is 2.40. The van der Waals surface area contributed by atoms with Gasteiger partial charge in [0.1, 0.15) is 16.2 Å². The lowest BCUT2D eigenvalue weighted by molar-refractivity contribution is -0.119. The topological polar surface area (TPSA) is 54.9 Å². The van der Waals surface area contributed by atoms with Gasteiger partial charge in [0, 0.05) is 16.3 Å². The first-order valence-electron chi connectivity index (χ1n) is 9.31. The summed E-state index contributed by atoms with van der Waals surface area (Å²) in [6.07, 6.45) is 8.77. The second kappa shape index (κ2) is 7.23. The first-order valence-corrected chi connectivity index (χ1v) is 11.1. The van der Waals surface area contributed by atoms with Crippen LogP contribution in [0.2, 0.25) is 0 Å². The standard InChI is InChI=1S/C19H25N3OS2/c1-11-5-3-7-14(12(11)2)22-16(23)9-24-18-17-13-6-4-8-15(13)25-19(17)21-10-20-18/h10-12,14H,3-9H2,1-2H3,(H,22,23)/t11-,12-,14+/m1/s1. The molecule has 2 heterocycles. The minimum Gasteiger partial charge on any atom is -0.352 e. The van der Waals surface area contributed by atoms with Crippen molar-refractivity contribution in [2.24, 2.45) is 11.8 Å². The van der Waals surface area contributed by atoms with Gasteiger partial charge in [0.25, 0.3) is 0 Å². The van der Waals surface area contributed by atoms with E-state index in [4.69, 9.17) is 0 Å². The molecule has 1 fully saturated rings. The first kappa shape index (κ1) is 17.3. The van der Waals surface area contributed by atoms with Crippen molar-refractivity contribution in [1.29, 1.82) is 0 Å². The van der Waals surface area contributed by atoms with Crippen molar-refractivity contribution in [2.75, 3.05) is 5.75 Å². The molecule has 0 bridgehead atoms. The quantitative estimate of drug-likeness (QED) is 0.642. The second-order valence-corrected chi connectivity index (χ2v) is 9.49. The number of hydrogen-bond acceptors (Lipinski definition) is 5. The predicted molar refractivity (Wildman–Crippen MR) is 104 cm³/mol. The number of carbonyl (C=O) groups excluding carboxylic acids is 1. The first-order chi connectivity index (χ1) is 12.1. The molecule has 2 aromatic rings. The van der Waals surface area contributed by atoms with Crippen LogP contribution in [0.25, 0.3) is 10.2 Å². The van der Waals surface area contributed by atoms with Crippen molar-refractivity contribution in [3.8, 4) is 0 Å². The Bertz CT molecular complexity index is 788. The van der Waals surface area contributed by atoms with E-state index in [0.29, 0.717) is 23.6 Å². The van der Waals surface area contributed by atoms with Crippen LogP contribution in [0.4, 0.5) is 0 Å². The maximum atomic E-state index is 12.5. The van der Waals surface area contributed by atoms with Gasteiger partial charge in [0.2, 0.25) is 5.91 Å². The molecule has 2 aliphatic rings. The van der Waals surface area contributed by atoms with Crippen molar-refractivity contribution in [2.45, 2.75) is 63.4 Å². The lowest BCUT2D eigenvalue weighted by atomic mass is 9.78. The summed E-state index contributed by atoms with van der Waals surface area (Å²) in [5.41, 5.74) is 1.43. The molecule has 0 unspecified atom stereocenters. The number of hydrogen-bond donors (Lipinski definition) is 1. The van der Waals surface area contributed by atoms with Crippen molar-refractivity contribution in [3.05, 3.63) is 16.8 Å². The third-order valence-electron chi connectivity index (χ3n) is 5.86. The van der Waals surface area contributed by atoms with E-state index in [-0.39, 0.29) is 5.91 Å². The van der Waals surface area contributed by atoms with Crippen LogP contribution >= 0.6 is 23.1 Å². The third-order valence-corrected chi connectivity index (χ3v) is 8.05. The Morgan fingerprint density at radius 1 is 1.28 bits per heavy atom. The summed E-state index contributed by atoms with van der Waals surface area (Å²) >= 11 is 3.36. The number of fused-ring (bicyclic) bond motifs is 3. The highest BCUT2D eigenvalue weighted by atomic mass is 32.2. The van der Waals surface area contributed by atoms with Gasteiger partial charge >= 0.3 is 0 Å². The van der Waals surface area contributed by atoms with Gasteiger partial charge in [-0.05, 0) is 43.1 Å². The Labute approximate surface area is 157 Å². The Hall–Kier alpha value is -1.14. The Balaban J connectivity index is 1.43. The van der Waals surface area contributed by atoms with Crippen molar-refractivity contribution in [1.82, 2.24) is 15.3 Å². The molecule has 4 rings (SSSR count). The fourth-order valence-electron chi connectivity index (χ4n) is 4.18. The molecule has 0 saturated heterocycles.